The number of fused-ring (bicyclic) bond motifs is 12. The van der Waals surface area contributed by atoms with Crippen LogP contribution in [-0.4, -0.2) is 15.0 Å². The van der Waals surface area contributed by atoms with Crippen LogP contribution in [0.4, 0.5) is 0 Å². The van der Waals surface area contributed by atoms with Crippen LogP contribution in [0.15, 0.2) is 188 Å². The van der Waals surface area contributed by atoms with Crippen molar-refractivity contribution in [3.8, 4) is 62.3 Å². The van der Waals surface area contributed by atoms with Crippen molar-refractivity contribution < 1.29 is 9.47 Å². The van der Waals surface area contributed by atoms with Gasteiger partial charge in [0, 0.05) is 33.4 Å². The minimum atomic E-state index is -0.500. The number of hydrogen-bond acceptors (Lipinski definition) is 5. The second-order valence-corrected chi connectivity index (χ2v) is 15.5. The van der Waals surface area contributed by atoms with Crippen LogP contribution < -0.4 is 9.47 Å². The second-order valence-electron chi connectivity index (χ2n) is 15.5. The summed E-state index contributed by atoms with van der Waals surface area (Å²) in [6.07, 6.45) is 4.37. The first-order chi connectivity index (χ1) is 28.6. The van der Waals surface area contributed by atoms with Gasteiger partial charge in [-0.2, -0.15) is 0 Å². The zero-order valence-electron chi connectivity index (χ0n) is 31.6. The average Bonchev–Trinajstić information content (AvgIpc) is 3.81. The van der Waals surface area contributed by atoms with Crippen molar-refractivity contribution in [1.29, 1.82) is 0 Å². The Morgan fingerprint density at radius 1 is 0.448 bits per heavy atom. The van der Waals surface area contributed by atoms with E-state index < -0.39 is 5.41 Å². The van der Waals surface area contributed by atoms with E-state index in [0.717, 1.165) is 62.0 Å². The Kier molecular flexibility index (Phi) is 7.12. The summed E-state index contributed by atoms with van der Waals surface area (Å²) in [6.45, 7) is 2.24. The van der Waals surface area contributed by atoms with Crippen molar-refractivity contribution in [2.75, 3.05) is 0 Å². The summed E-state index contributed by atoms with van der Waals surface area (Å²) < 4.78 is 13.2. The van der Waals surface area contributed by atoms with Crippen LogP contribution in [0.2, 0.25) is 0 Å². The number of nitrogens with zero attached hydrogens (tertiary/aromatic N) is 3. The van der Waals surface area contributed by atoms with E-state index in [1.54, 1.807) is 0 Å². The van der Waals surface area contributed by atoms with Crippen LogP contribution in [0.1, 0.15) is 46.5 Å². The van der Waals surface area contributed by atoms with E-state index in [1.807, 2.05) is 42.5 Å². The Labute approximate surface area is 336 Å². The van der Waals surface area contributed by atoms with E-state index in [1.165, 1.54) is 27.8 Å². The van der Waals surface area contributed by atoms with Gasteiger partial charge in [0.25, 0.3) is 0 Å². The molecule has 2 aliphatic heterocycles. The van der Waals surface area contributed by atoms with Crippen LogP contribution >= 0.6 is 0 Å². The molecule has 3 heterocycles. The molecule has 7 aromatic carbocycles. The summed E-state index contributed by atoms with van der Waals surface area (Å²) in [5.41, 5.74) is 12.9. The third kappa shape index (κ3) is 4.80. The Hall–Kier alpha value is -7.37. The maximum absolute atomic E-state index is 6.82. The molecule has 12 rings (SSSR count). The normalized spacial score (nSPS) is 17.3. The molecule has 0 saturated heterocycles. The third-order valence-electron chi connectivity index (χ3n) is 12.3. The highest BCUT2D eigenvalue weighted by Gasteiger charge is 2.51. The van der Waals surface area contributed by atoms with Gasteiger partial charge in [0.05, 0.1) is 11.3 Å². The molecule has 0 bridgehead atoms. The number of rotatable bonds is 4. The fourth-order valence-electron chi connectivity index (χ4n) is 9.78. The van der Waals surface area contributed by atoms with Crippen molar-refractivity contribution in [2.45, 2.75) is 18.3 Å². The Balaban J connectivity index is 0.973. The quantitative estimate of drug-likeness (QED) is 0.180. The maximum atomic E-state index is 6.82. The first-order valence-corrected chi connectivity index (χ1v) is 19.9. The van der Waals surface area contributed by atoms with Crippen molar-refractivity contribution >= 4 is 5.57 Å². The van der Waals surface area contributed by atoms with E-state index in [4.69, 9.17) is 24.4 Å². The molecule has 1 aromatic heterocycles. The lowest BCUT2D eigenvalue weighted by Crippen LogP contribution is -2.32. The zero-order chi connectivity index (χ0) is 38.4. The lowest BCUT2D eigenvalue weighted by molar-refractivity contribution is 0.405. The molecule has 1 spiro atoms. The topological polar surface area (TPSA) is 57.1 Å². The van der Waals surface area contributed by atoms with Gasteiger partial charge < -0.3 is 9.47 Å². The molecule has 0 amide bonds. The first kappa shape index (κ1) is 32.8. The molecule has 2 unspecified atom stereocenters. The lowest BCUT2D eigenvalue weighted by atomic mass is 9.66. The van der Waals surface area contributed by atoms with Gasteiger partial charge in [0.1, 0.15) is 23.0 Å². The molecule has 8 aromatic rings. The van der Waals surface area contributed by atoms with Crippen molar-refractivity contribution in [3.63, 3.8) is 0 Å². The predicted octanol–water partition coefficient (Wildman–Crippen LogP) is 12.4. The molecule has 0 N–H and O–H groups in total. The van der Waals surface area contributed by atoms with Gasteiger partial charge in [0.2, 0.25) is 0 Å². The van der Waals surface area contributed by atoms with Crippen LogP contribution in [0.5, 0.6) is 17.2 Å². The zero-order valence-corrected chi connectivity index (χ0v) is 31.6. The van der Waals surface area contributed by atoms with E-state index in [2.05, 4.69) is 146 Å². The SMILES string of the molecule is CC1C=C(c2nc(-c3ccccc3)nc(-c3cccc(-c4ccc5c(c4)Oc4ccccc4C54c5ccccc5-c5ccccc54)c3)n2)C=C2Oc3ccccc3C21. The summed E-state index contributed by atoms with van der Waals surface area (Å²) in [7, 11) is 0. The number of allylic oxidation sites excluding steroid dienone is 4. The van der Waals surface area contributed by atoms with Crippen LogP contribution in [0.25, 0.3) is 50.6 Å². The van der Waals surface area contributed by atoms with Gasteiger partial charge in [-0.3, -0.25) is 0 Å². The molecule has 0 saturated carbocycles. The predicted molar refractivity (Wildman–Crippen MR) is 229 cm³/mol. The Bertz CT molecular complexity index is 3010. The van der Waals surface area contributed by atoms with Crippen molar-refractivity contribution in [1.82, 2.24) is 15.0 Å². The van der Waals surface area contributed by atoms with Crippen molar-refractivity contribution in [2.24, 2.45) is 5.92 Å². The fourth-order valence-corrected chi connectivity index (χ4v) is 9.78. The van der Waals surface area contributed by atoms with Gasteiger partial charge in [-0.1, -0.05) is 159 Å². The minimum Gasteiger partial charge on any atom is -0.461 e. The summed E-state index contributed by atoms with van der Waals surface area (Å²) in [5.74, 6) is 5.80. The van der Waals surface area contributed by atoms with E-state index in [9.17, 15) is 0 Å². The largest absolute Gasteiger partial charge is 0.461 e. The van der Waals surface area contributed by atoms with Gasteiger partial charge in [-0.15, -0.1) is 0 Å². The molecule has 4 aliphatic rings. The van der Waals surface area contributed by atoms with E-state index in [-0.39, 0.29) is 11.8 Å². The average molecular weight is 746 g/mol. The molecule has 58 heavy (non-hydrogen) atoms. The second kappa shape index (κ2) is 12.6. The molecule has 0 radical (unpaired) electrons. The van der Waals surface area contributed by atoms with Gasteiger partial charge in [-0.25, -0.2) is 15.0 Å². The summed E-state index contributed by atoms with van der Waals surface area (Å²) >= 11 is 0. The lowest BCUT2D eigenvalue weighted by Gasteiger charge is -2.39. The molecule has 0 fully saturated rings. The van der Waals surface area contributed by atoms with Gasteiger partial charge in [-0.05, 0) is 69.6 Å². The molecule has 5 nitrogen and oxygen atoms in total. The number of benzene rings is 7. The smallest absolute Gasteiger partial charge is 0.164 e. The third-order valence-corrected chi connectivity index (χ3v) is 12.3. The van der Waals surface area contributed by atoms with E-state index in [0.29, 0.717) is 17.5 Å². The van der Waals surface area contributed by atoms with Crippen LogP contribution in [0.3, 0.4) is 0 Å². The monoisotopic (exact) mass is 745 g/mol. The molecule has 2 aliphatic carbocycles. The standard InChI is InChI=1S/C53H35N3O2/c1-32-28-37(31-48-49(32)40-20-7-11-24-45(40)57-48)52-55-50(33-14-3-2-4-15-33)54-51(56-52)36-17-13-16-34(29-36)35-26-27-44-47(30-35)58-46-25-12-10-23-43(46)53(44)41-21-8-5-18-38(41)39-19-6-9-22-42(39)53/h2-32,49H,1H3. The molecular weight excluding hydrogens is 711 g/mol. The van der Waals surface area contributed by atoms with Crippen LogP contribution in [0, 0.1) is 5.92 Å². The summed E-state index contributed by atoms with van der Waals surface area (Å²) in [5, 5.41) is 0. The number of hydrogen-bond donors (Lipinski definition) is 0. The number of aromatic nitrogens is 3. The molecule has 2 atom stereocenters. The van der Waals surface area contributed by atoms with E-state index >= 15 is 0 Å². The highest BCUT2D eigenvalue weighted by Crippen LogP contribution is 2.62. The van der Waals surface area contributed by atoms with Gasteiger partial charge in [0.15, 0.2) is 17.5 Å². The van der Waals surface area contributed by atoms with Gasteiger partial charge >= 0.3 is 0 Å². The van der Waals surface area contributed by atoms with Crippen molar-refractivity contribution in [3.05, 3.63) is 221 Å². The summed E-state index contributed by atoms with van der Waals surface area (Å²) in [4.78, 5) is 15.3. The highest BCUT2D eigenvalue weighted by molar-refractivity contribution is 5.89. The fraction of sp³-hybridized carbons (Fsp3) is 0.0755. The van der Waals surface area contributed by atoms with Crippen LogP contribution in [-0.2, 0) is 5.41 Å². The number of para-hydroxylation sites is 2. The summed E-state index contributed by atoms with van der Waals surface area (Å²) in [6, 6.07) is 59.7. The number of ether oxygens (including phenoxy) is 2. The Morgan fingerprint density at radius 2 is 1.03 bits per heavy atom. The highest BCUT2D eigenvalue weighted by atomic mass is 16.5. The molecule has 5 heteroatoms. The molecular formula is C53H35N3O2. The first-order valence-electron chi connectivity index (χ1n) is 19.9. The maximum Gasteiger partial charge on any atom is 0.164 e. The molecule has 274 valence electrons. The minimum absolute atomic E-state index is 0.175. The Morgan fingerprint density at radius 3 is 1.83 bits per heavy atom.